The van der Waals surface area contributed by atoms with Crippen molar-refractivity contribution < 1.29 is 14.0 Å². The van der Waals surface area contributed by atoms with E-state index in [1.54, 1.807) is 61.5 Å². The van der Waals surface area contributed by atoms with Crippen molar-refractivity contribution in [2.24, 2.45) is 5.10 Å². The highest BCUT2D eigenvalue weighted by atomic mass is 35.5. The maximum Gasteiger partial charge on any atom is 0.274 e. The molecule has 0 bridgehead atoms. The number of carbonyl (C=O) groups is 2. The molecule has 7 heteroatoms. The molecule has 5 nitrogen and oxygen atoms in total. The Morgan fingerprint density at radius 3 is 2.34 bits per heavy atom. The molecule has 2 amide bonds. The number of carbonyl (C=O) groups excluding carboxylic acids is 2. The van der Waals surface area contributed by atoms with E-state index in [9.17, 15) is 14.0 Å². The molecular formula is C22H17ClFN3O2. The fraction of sp³-hybridized carbons (Fsp3) is 0.0455. The van der Waals surface area contributed by atoms with Gasteiger partial charge in [0.1, 0.15) is 5.82 Å². The van der Waals surface area contributed by atoms with E-state index in [0.29, 0.717) is 27.5 Å². The Morgan fingerprint density at radius 2 is 1.62 bits per heavy atom. The van der Waals surface area contributed by atoms with E-state index in [2.05, 4.69) is 15.8 Å². The fourth-order valence-corrected chi connectivity index (χ4v) is 2.66. The zero-order chi connectivity index (χ0) is 20.8. The number of hydrazone groups is 1. The van der Waals surface area contributed by atoms with Crippen molar-refractivity contribution in [1.29, 1.82) is 0 Å². The molecule has 0 heterocycles. The molecule has 0 fully saturated rings. The van der Waals surface area contributed by atoms with Crippen LogP contribution in [0.25, 0.3) is 0 Å². The van der Waals surface area contributed by atoms with Gasteiger partial charge in [-0.05, 0) is 61.0 Å². The van der Waals surface area contributed by atoms with Gasteiger partial charge in [-0.3, -0.25) is 9.59 Å². The Labute approximate surface area is 172 Å². The Hall–Kier alpha value is -3.51. The van der Waals surface area contributed by atoms with E-state index in [4.69, 9.17) is 11.6 Å². The van der Waals surface area contributed by atoms with Gasteiger partial charge >= 0.3 is 0 Å². The lowest BCUT2D eigenvalue weighted by Crippen LogP contribution is -2.20. The van der Waals surface area contributed by atoms with E-state index < -0.39 is 11.7 Å². The van der Waals surface area contributed by atoms with Gasteiger partial charge < -0.3 is 5.32 Å². The summed E-state index contributed by atoms with van der Waals surface area (Å²) in [4.78, 5) is 24.4. The van der Waals surface area contributed by atoms with E-state index >= 15 is 0 Å². The zero-order valence-corrected chi connectivity index (χ0v) is 16.2. The number of amides is 2. The monoisotopic (exact) mass is 409 g/mol. The van der Waals surface area contributed by atoms with Gasteiger partial charge in [0, 0.05) is 16.3 Å². The van der Waals surface area contributed by atoms with Crippen molar-refractivity contribution >= 4 is 34.8 Å². The second kappa shape index (κ2) is 9.12. The molecule has 2 N–H and O–H groups in total. The maximum atomic E-state index is 13.7. The van der Waals surface area contributed by atoms with Gasteiger partial charge in [0.2, 0.25) is 0 Å². The third kappa shape index (κ3) is 5.27. The van der Waals surface area contributed by atoms with Crippen molar-refractivity contribution in [3.8, 4) is 0 Å². The first kappa shape index (κ1) is 20.2. The van der Waals surface area contributed by atoms with E-state index in [0.717, 1.165) is 0 Å². The number of nitrogens with one attached hydrogen (secondary N) is 2. The van der Waals surface area contributed by atoms with Gasteiger partial charge in [-0.15, -0.1) is 0 Å². The summed E-state index contributed by atoms with van der Waals surface area (Å²) in [5, 5.41) is 7.37. The summed E-state index contributed by atoms with van der Waals surface area (Å²) in [7, 11) is 0. The van der Waals surface area contributed by atoms with Crippen LogP contribution in [0.15, 0.2) is 77.9 Å². The van der Waals surface area contributed by atoms with Gasteiger partial charge in [0.05, 0.1) is 11.3 Å². The molecule has 3 aromatic rings. The topological polar surface area (TPSA) is 70.6 Å². The predicted molar refractivity (Wildman–Crippen MR) is 112 cm³/mol. The predicted octanol–water partition coefficient (Wildman–Crippen LogP) is 4.89. The summed E-state index contributed by atoms with van der Waals surface area (Å²) in [6.07, 6.45) is 0. The standard InChI is InChI=1S/C22H17ClFN3O2/c1-14(26-27-22(29)19-7-2-3-8-20(19)24)16-5-4-6-18(13-16)25-21(28)15-9-11-17(23)12-10-15/h2-13H,1H3,(H,25,28)(H,27,29)/b26-14-. The maximum absolute atomic E-state index is 13.7. The Bertz CT molecular complexity index is 1080. The van der Waals surface area contributed by atoms with Crippen LogP contribution < -0.4 is 10.7 Å². The molecule has 0 atom stereocenters. The van der Waals surface area contributed by atoms with Crippen molar-refractivity contribution in [2.45, 2.75) is 6.92 Å². The molecule has 3 aromatic carbocycles. The largest absolute Gasteiger partial charge is 0.322 e. The summed E-state index contributed by atoms with van der Waals surface area (Å²) in [6.45, 7) is 1.70. The van der Waals surface area contributed by atoms with E-state index in [1.807, 2.05) is 0 Å². The molecule has 0 aliphatic heterocycles. The second-order valence-electron chi connectivity index (χ2n) is 6.16. The van der Waals surface area contributed by atoms with Gasteiger partial charge in [-0.25, -0.2) is 9.82 Å². The molecule has 0 spiro atoms. The Balaban J connectivity index is 1.70. The van der Waals surface area contributed by atoms with Gasteiger partial charge in [-0.2, -0.15) is 5.10 Å². The van der Waals surface area contributed by atoms with Crippen molar-refractivity contribution in [2.75, 3.05) is 5.32 Å². The molecule has 3 rings (SSSR count). The van der Waals surface area contributed by atoms with Crippen LogP contribution in [0.4, 0.5) is 10.1 Å². The summed E-state index contributed by atoms with van der Waals surface area (Å²) >= 11 is 5.84. The number of halogens is 2. The average Bonchev–Trinajstić information content (AvgIpc) is 2.72. The minimum Gasteiger partial charge on any atom is -0.322 e. The van der Waals surface area contributed by atoms with Gasteiger partial charge in [0.15, 0.2) is 0 Å². The minimum absolute atomic E-state index is 0.0898. The van der Waals surface area contributed by atoms with Crippen LogP contribution in [0.3, 0.4) is 0 Å². The normalized spacial score (nSPS) is 11.1. The number of hydrogen-bond donors (Lipinski definition) is 2. The molecule has 29 heavy (non-hydrogen) atoms. The summed E-state index contributed by atoms with van der Waals surface area (Å²) < 4.78 is 13.7. The molecule has 0 aromatic heterocycles. The second-order valence-corrected chi connectivity index (χ2v) is 6.60. The lowest BCUT2D eigenvalue weighted by Gasteiger charge is -2.08. The van der Waals surface area contributed by atoms with Crippen molar-refractivity contribution in [1.82, 2.24) is 5.43 Å². The smallest absolute Gasteiger partial charge is 0.274 e. The quantitative estimate of drug-likeness (QED) is 0.465. The van der Waals surface area contributed by atoms with Crippen LogP contribution in [0, 0.1) is 5.82 Å². The lowest BCUT2D eigenvalue weighted by atomic mass is 10.1. The Kier molecular flexibility index (Phi) is 6.36. The van der Waals surface area contributed by atoms with Crippen LogP contribution in [0.2, 0.25) is 5.02 Å². The SMILES string of the molecule is C/C(=N/NC(=O)c1ccccc1F)c1cccc(NC(=O)c2ccc(Cl)cc2)c1. The number of hydrogen-bond acceptors (Lipinski definition) is 3. The zero-order valence-electron chi connectivity index (χ0n) is 15.4. The third-order valence-electron chi connectivity index (χ3n) is 4.09. The first-order valence-corrected chi connectivity index (χ1v) is 9.08. The fourth-order valence-electron chi connectivity index (χ4n) is 2.53. The third-order valence-corrected chi connectivity index (χ3v) is 4.34. The Morgan fingerprint density at radius 1 is 0.897 bits per heavy atom. The molecule has 0 radical (unpaired) electrons. The number of anilines is 1. The molecule has 0 unspecified atom stereocenters. The minimum atomic E-state index is -0.644. The summed E-state index contributed by atoms with van der Waals surface area (Å²) in [5.74, 6) is -1.54. The first-order chi connectivity index (χ1) is 13.9. The summed E-state index contributed by atoms with van der Waals surface area (Å²) in [6, 6.07) is 19.2. The highest BCUT2D eigenvalue weighted by molar-refractivity contribution is 6.30. The van der Waals surface area contributed by atoms with Crippen LogP contribution >= 0.6 is 11.6 Å². The summed E-state index contributed by atoms with van der Waals surface area (Å²) in [5.41, 5.74) is 4.48. The lowest BCUT2D eigenvalue weighted by molar-refractivity contribution is 0.0950. The molecular weight excluding hydrogens is 393 g/mol. The van der Waals surface area contributed by atoms with Crippen molar-refractivity contribution in [3.05, 3.63) is 100 Å². The first-order valence-electron chi connectivity index (χ1n) is 8.70. The van der Waals surface area contributed by atoms with Crippen molar-refractivity contribution in [3.63, 3.8) is 0 Å². The number of nitrogens with zero attached hydrogens (tertiary/aromatic N) is 1. The van der Waals surface area contributed by atoms with Gasteiger partial charge in [-0.1, -0.05) is 35.9 Å². The molecule has 0 saturated heterocycles. The molecule has 0 aliphatic carbocycles. The van der Waals surface area contributed by atoms with Crippen LogP contribution in [-0.4, -0.2) is 17.5 Å². The highest BCUT2D eigenvalue weighted by Gasteiger charge is 2.11. The van der Waals surface area contributed by atoms with Gasteiger partial charge in [0.25, 0.3) is 11.8 Å². The van der Waals surface area contributed by atoms with E-state index in [-0.39, 0.29) is 11.5 Å². The number of rotatable bonds is 5. The number of benzene rings is 3. The molecule has 146 valence electrons. The average molecular weight is 410 g/mol. The molecule has 0 aliphatic rings. The highest BCUT2D eigenvalue weighted by Crippen LogP contribution is 2.15. The van der Waals surface area contributed by atoms with Crippen LogP contribution in [0.5, 0.6) is 0 Å². The van der Waals surface area contributed by atoms with Crippen LogP contribution in [0.1, 0.15) is 33.2 Å². The molecule has 0 saturated carbocycles. The van der Waals surface area contributed by atoms with E-state index in [1.165, 1.54) is 18.2 Å². The van der Waals surface area contributed by atoms with Crippen LogP contribution in [-0.2, 0) is 0 Å².